The second-order valence-electron chi connectivity index (χ2n) is 7.67. The van der Waals surface area contributed by atoms with Gasteiger partial charge in [-0.2, -0.15) is 4.98 Å². The Hall–Kier alpha value is -2.65. The molecule has 4 rings (SSSR count). The van der Waals surface area contributed by atoms with Crippen LogP contribution in [0.4, 0.5) is 9.52 Å². The van der Waals surface area contributed by atoms with Crippen LogP contribution >= 0.6 is 11.3 Å². The van der Waals surface area contributed by atoms with Gasteiger partial charge >= 0.3 is 0 Å². The molecule has 1 aromatic carbocycles. The number of piperidine rings is 1. The highest BCUT2D eigenvalue weighted by Crippen LogP contribution is 2.21. The maximum absolute atomic E-state index is 13.0. The molecule has 0 spiro atoms. The molecule has 158 valence electrons. The van der Waals surface area contributed by atoms with Crippen molar-refractivity contribution in [3.05, 3.63) is 47.0 Å². The zero-order valence-electron chi connectivity index (χ0n) is 16.8. The van der Waals surface area contributed by atoms with E-state index in [1.165, 1.54) is 36.3 Å². The minimum absolute atomic E-state index is 0.149. The molecule has 0 aliphatic carbocycles. The molecule has 1 aliphatic rings. The molecular formula is C21H24FN5O2S. The summed E-state index contributed by atoms with van der Waals surface area (Å²) in [4.78, 5) is 23.5. The van der Waals surface area contributed by atoms with Crippen LogP contribution in [-0.2, 0) is 17.8 Å². The van der Waals surface area contributed by atoms with Crippen molar-refractivity contribution in [1.29, 1.82) is 0 Å². The summed E-state index contributed by atoms with van der Waals surface area (Å²) in [5, 5.41) is 9.34. The zero-order valence-corrected chi connectivity index (χ0v) is 17.6. The van der Waals surface area contributed by atoms with Crippen molar-refractivity contribution in [3.63, 3.8) is 0 Å². The monoisotopic (exact) mass is 429 g/mol. The molecule has 9 heteroatoms. The van der Waals surface area contributed by atoms with Crippen LogP contribution in [0.1, 0.15) is 37.8 Å². The van der Waals surface area contributed by atoms with Crippen molar-refractivity contribution in [2.45, 2.75) is 39.2 Å². The summed E-state index contributed by atoms with van der Waals surface area (Å²) in [6, 6.07) is 5.85. The molecule has 1 amide bonds. The number of aryl methyl sites for hydroxylation is 1. The Kier molecular flexibility index (Phi) is 6.49. The molecule has 1 aliphatic heterocycles. The molecular weight excluding hydrogens is 405 g/mol. The van der Waals surface area contributed by atoms with E-state index in [0.29, 0.717) is 28.8 Å². The maximum Gasteiger partial charge on any atom is 0.227 e. The van der Waals surface area contributed by atoms with Crippen molar-refractivity contribution in [1.82, 2.24) is 20.0 Å². The van der Waals surface area contributed by atoms with E-state index in [1.54, 1.807) is 12.1 Å². The molecule has 7 nitrogen and oxygen atoms in total. The van der Waals surface area contributed by atoms with E-state index in [1.807, 2.05) is 5.38 Å². The van der Waals surface area contributed by atoms with Crippen LogP contribution in [-0.4, -0.2) is 39.0 Å². The first-order chi connectivity index (χ1) is 14.5. The SMILES string of the molecule is CC1CCN(Cc2csc(NC(=O)CCc3nc(-c4ccc(F)cc4)no3)n2)CC1. The molecule has 0 atom stereocenters. The molecule has 0 unspecified atom stereocenters. The predicted molar refractivity (Wildman–Crippen MR) is 112 cm³/mol. The number of hydrogen-bond donors (Lipinski definition) is 1. The Bertz CT molecular complexity index is 979. The minimum atomic E-state index is -0.324. The van der Waals surface area contributed by atoms with Crippen LogP contribution in [0, 0.1) is 11.7 Å². The number of carbonyl (C=O) groups excluding carboxylic acids is 1. The standard InChI is InChI=1S/C21H24FN5O2S/c1-14-8-10-27(11-9-14)12-17-13-30-21(23-17)24-18(28)6-7-19-25-20(26-29-19)15-2-4-16(22)5-3-15/h2-5,13-14H,6-12H2,1H3,(H,23,24,28). The van der Waals surface area contributed by atoms with Gasteiger partial charge in [-0.05, 0) is 56.1 Å². The summed E-state index contributed by atoms with van der Waals surface area (Å²) in [5.41, 5.74) is 1.65. The quantitative estimate of drug-likeness (QED) is 0.608. The first-order valence-corrected chi connectivity index (χ1v) is 11.0. The summed E-state index contributed by atoms with van der Waals surface area (Å²) < 4.78 is 18.2. The number of hydrogen-bond acceptors (Lipinski definition) is 7. The molecule has 0 bridgehead atoms. The third kappa shape index (κ3) is 5.48. The second kappa shape index (κ2) is 9.44. The van der Waals surface area contributed by atoms with Crippen molar-refractivity contribution in [3.8, 4) is 11.4 Å². The topological polar surface area (TPSA) is 84.2 Å². The van der Waals surface area contributed by atoms with Gasteiger partial charge in [-0.25, -0.2) is 9.37 Å². The maximum atomic E-state index is 13.0. The largest absolute Gasteiger partial charge is 0.339 e. The average Bonchev–Trinajstić information content (AvgIpc) is 3.38. The number of nitrogens with one attached hydrogen (secondary N) is 1. The van der Waals surface area contributed by atoms with E-state index in [0.717, 1.165) is 31.2 Å². The van der Waals surface area contributed by atoms with Gasteiger partial charge in [0, 0.05) is 30.3 Å². The number of rotatable bonds is 7. The minimum Gasteiger partial charge on any atom is -0.339 e. The normalized spacial score (nSPS) is 15.4. The fourth-order valence-electron chi connectivity index (χ4n) is 3.36. The smallest absolute Gasteiger partial charge is 0.227 e. The molecule has 0 radical (unpaired) electrons. The Morgan fingerprint density at radius 3 is 2.80 bits per heavy atom. The molecule has 2 aromatic heterocycles. The Morgan fingerprint density at radius 1 is 1.27 bits per heavy atom. The summed E-state index contributed by atoms with van der Waals surface area (Å²) >= 11 is 1.44. The lowest BCUT2D eigenvalue weighted by Crippen LogP contribution is -2.32. The van der Waals surface area contributed by atoms with Gasteiger partial charge < -0.3 is 9.84 Å². The van der Waals surface area contributed by atoms with Gasteiger partial charge in [0.15, 0.2) is 5.13 Å². The highest BCUT2D eigenvalue weighted by atomic mass is 32.1. The van der Waals surface area contributed by atoms with Crippen molar-refractivity contribution in [2.75, 3.05) is 18.4 Å². The van der Waals surface area contributed by atoms with Gasteiger partial charge in [-0.15, -0.1) is 11.3 Å². The van der Waals surface area contributed by atoms with Crippen LogP contribution in [0.2, 0.25) is 0 Å². The van der Waals surface area contributed by atoms with Gasteiger partial charge in [-0.1, -0.05) is 12.1 Å². The van der Waals surface area contributed by atoms with Crippen LogP contribution in [0.5, 0.6) is 0 Å². The molecule has 3 heterocycles. The summed E-state index contributed by atoms with van der Waals surface area (Å²) in [7, 11) is 0. The van der Waals surface area contributed by atoms with Crippen molar-refractivity contribution >= 4 is 22.4 Å². The third-order valence-electron chi connectivity index (χ3n) is 5.20. The van der Waals surface area contributed by atoms with Crippen molar-refractivity contribution in [2.24, 2.45) is 5.92 Å². The highest BCUT2D eigenvalue weighted by molar-refractivity contribution is 7.13. The Morgan fingerprint density at radius 2 is 2.03 bits per heavy atom. The van der Waals surface area contributed by atoms with Crippen LogP contribution in [0.25, 0.3) is 11.4 Å². The van der Waals surface area contributed by atoms with E-state index in [-0.39, 0.29) is 18.1 Å². The van der Waals surface area contributed by atoms with E-state index in [9.17, 15) is 9.18 Å². The number of aromatic nitrogens is 3. The van der Waals surface area contributed by atoms with Crippen LogP contribution < -0.4 is 5.32 Å². The molecule has 1 N–H and O–H groups in total. The second-order valence-corrected chi connectivity index (χ2v) is 8.53. The zero-order chi connectivity index (χ0) is 20.9. The third-order valence-corrected chi connectivity index (χ3v) is 6.00. The van der Waals surface area contributed by atoms with Gasteiger partial charge in [0.2, 0.25) is 17.6 Å². The number of likely N-dealkylation sites (tertiary alicyclic amines) is 1. The van der Waals surface area contributed by atoms with Gasteiger partial charge in [0.05, 0.1) is 5.69 Å². The molecule has 0 saturated carbocycles. The number of thiazole rings is 1. The average molecular weight is 430 g/mol. The van der Waals surface area contributed by atoms with Crippen molar-refractivity contribution < 1.29 is 13.7 Å². The van der Waals surface area contributed by atoms with E-state index in [2.05, 4.69) is 32.3 Å². The fourth-order valence-corrected chi connectivity index (χ4v) is 4.08. The van der Waals surface area contributed by atoms with E-state index >= 15 is 0 Å². The van der Waals surface area contributed by atoms with E-state index in [4.69, 9.17) is 4.52 Å². The lowest BCUT2D eigenvalue weighted by molar-refractivity contribution is -0.116. The number of halogens is 1. The summed E-state index contributed by atoms with van der Waals surface area (Å²) in [6.07, 6.45) is 2.99. The van der Waals surface area contributed by atoms with Crippen LogP contribution in [0.15, 0.2) is 34.2 Å². The number of anilines is 1. The molecule has 30 heavy (non-hydrogen) atoms. The van der Waals surface area contributed by atoms with E-state index < -0.39 is 0 Å². The van der Waals surface area contributed by atoms with Gasteiger partial charge in [-0.3, -0.25) is 9.69 Å². The summed E-state index contributed by atoms with van der Waals surface area (Å²) in [5.74, 6) is 1.07. The molecule has 3 aromatic rings. The van der Waals surface area contributed by atoms with Gasteiger partial charge in [0.25, 0.3) is 0 Å². The lowest BCUT2D eigenvalue weighted by atomic mass is 9.99. The lowest BCUT2D eigenvalue weighted by Gasteiger charge is -2.29. The molecule has 1 saturated heterocycles. The Labute approximate surface area is 178 Å². The fraction of sp³-hybridized carbons (Fsp3) is 0.429. The Balaban J connectivity index is 1.24. The first-order valence-electron chi connectivity index (χ1n) is 10.1. The summed E-state index contributed by atoms with van der Waals surface area (Å²) in [6.45, 7) is 5.33. The highest BCUT2D eigenvalue weighted by Gasteiger charge is 2.17. The predicted octanol–water partition coefficient (Wildman–Crippen LogP) is 4.14. The van der Waals surface area contributed by atoms with Gasteiger partial charge in [0.1, 0.15) is 5.82 Å². The number of carbonyl (C=O) groups is 1. The first kappa shape index (κ1) is 20.6. The van der Waals surface area contributed by atoms with Crippen LogP contribution in [0.3, 0.4) is 0 Å². The number of benzene rings is 1. The molecule has 1 fully saturated rings. The number of amides is 1. The number of nitrogens with zero attached hydrogens (tertiary/aromatic N) is 4.